The molecule has 0 atom stereocenters. The number of hydrogen-bond acceptors (Lipinski definition) is 3. The molecule has 0 spiro atoms. The maximum absolute atomic E-state index is 10.6. The number of hydrogen-bond donors (Lipinski definition) is 3. The summed E-state index contributed by atoms with van der Waals surface area (Å²) < 4.78 is 0.329. The molecule has 4 N–H and O–H groups in total. The van der Waals surface area contributed by atoms with Crippen molar-refractivity contribution < 1.29 is 9.90 Å². The summed E-state index contributed by atoms with van der Waals surface area (Å²) >= 11 is 4.77. The Morgan fingerprint density at radius 3 is 2.83 bits per heavy atom. The molecule has 0 amide bonds. The van der Waals surface area contributed by atoms with Crippen LogP contribution >= 0.6 is 12.2 Å². The number of rotatable bonds is 1. The fourth-order valence-electron chi connectivity index (χ4n) is 0.869. The van der Waals surface area contributed by atoms with Gasteiger partial charge in [0.15, 0.2) is 0 Å². The van der Waals surface area contributed by atoms with E-state index in [-0.39, 0.29) is 5.56 Å². The number of nitrogens with two attached hydrogens (primary N) is 1. The highest BCUT2D eigenvalue weighted by Gasteiger charge is 2.08. The molecular formula is C7H8N2O2S. The van der Waals surface area contributed by atoms with Crippen LogP contribution in [0.2, 0.25) is 0 Å². The highest BCUT2D eigenvalue weighted by molar-refractivity contribution is 7.71. The number of anilines is 1. The van der Waals surface area contributed by atoms with Crippen LogP contribution in [0.3, 0.4) is 0 Å². The van der Waals surface area contributed by atoms with E-state index in [0.29, 0.717) is 16.0 Å². The molecule has 64 valence electrons. The SMILES string of the molecule is Cc1c(C(=O)O)cc(=S)[nH]c1N. The lowest BCUT2D eigenvalue weighted by molar-refractivity contribution is 0.0696. The van der Waals surface area contributed by atoms with Gasteiger partial charge in [-0.1, -0.05) is 12.2 Å². The summed E-state index contributed by atoms with van der Waals surface area (Å²) in [6, 6.07) is 1.38. The van der Waals surface area contributed by atoms with Gasteiger partial charge in [-0.15, -0.1) is 0 Å². The molecule has 1 aromatic rings. The first-order chi connectivity index (χ1) is 5.52. The van der Waals surface area contributed by atoms with Crippen molar-refractivity contribution in [2.24, 2.45) is 0 Å². The van der Waals surface area contributed by atoms with Crippen molar-refractivity contribution >= 4 is 24.0 Å². The molecule has 0 saturated heterocycles. The molecule has 0 aromatic carbocycles. The maximum Gasteiger partial charge on any atom is 0.336 e. The number of nitrogens with one attached hydrogen (secondary N) is 1. The van der Waals surface area contributed by atoms with Crippen LogP contribution in [-0.4, -0.2) is 16.1 Å². The molecule has 5 heteroatoms. The van der Waals surface area contributed by atoms with Gasteiger partial charge in [0.25, 0.3) is 0 Å². The van der Waals surface area contributed by atoms with E-state index in [2.05, 4.69) is 4.98 Å². The van der Waals surface area contributed by atoms with E-state index in [0.717, 1.165) is 0 Å². The van der Waals surface area contributed by atoms with Gasteiger partial charge in [-0.3, -0.25) is 0 Å². The smallest absolute Gasteiger partial charge is 0.336 e. The van der Waals surface area contributed by atoms with Gasteiger partial charge >= 0.3 is 5.97 Å². The molecule has 12 heavy (non-hydrogen) atoms. The number of carbonyl (C=O) groups is 1. The van der Waals surface area contributed by atoms with Crippen LogP contribution in [0.15, 0.2) is 6.07 Å². The predicted octanol–water partition coefficient (Wildman–Crippen LogP) is 1.33. The third-order valence-electron chi connectivity index (χ3n) is 1.57. The van der Waals surface area contributed by atoms with E-state index in [4.69, 9.17) is 23.1 Å². The lowest BCUT2D eigenvalue weighted by Gasteiger charge is -2.03. The van der Waals surface area contributed by atoms with Gasteiger partial charge in [-0.25, -0.2) is 4.79 Å². The summed E-state index contributed by atoms with van der Waals surface area (Å²) in [6.45, 7) is 1.63. The van der Waals surface area contributed by atoms with E-state index in [1.807, 2.05) is 0 Å². The number of H-pyrrole nitrogens is 1. The largest absolute Gasteiger partial charge is 0.478 e. The zero-order valence-electron chi connectivity index (χ0n) is 6.42. The van der Waals surface area contributed by atoms with Gasteiger partial charge in [0.2, 0.25) is 0 Å². The highest BCUT2D eigenvalue weighted by Crippen LogP contribution is 2.13. The molecule has 0 unspecified atom stereocenters. The minimum atomic E-state index is -1.01. The Bertz CT molecular complexity index is 383. The molecule has 0 fully saturated rings. The molecule has 4 nitrogen and oxygen atoms in total. The first-order valence-corrected chi connectivity index (χ1v) is 3.66. The fourth-order valence-corrected chi connectivity index (χ4v) is 1.10. The van der Waals surface area contributed by atoms with Crippen LogP contribution in [0.1, 0.15) is 15.9 Å². The van der Waals surface area contributed by atoms with Crippen LogP contribution in [-0.2, 0) is 0 Å². The number of carboxylic acids is 1. The second kappa shape index (κ2) is 2.94. The van der Waals surface area contributed by atoms with Crippen LogP contribution < -0.4 is 5.73 Å². The fraction of sp³-hybridized carbons (Fsp3) is 0.143. The normalized spacial score (nSPS) is 9.75. The summed E-state index contributed by atoms with van der Waals surface area (Å²) in [5.74, 6) is -0.709. The Hall–Kier alpha value is -1.36. The van der Waals surface area contributed by atoms with Crippen molar-refractivity contribution in [3.8, 4) is 0 Å². The van der Waals surface area contributed by atoms with E-state index in [1.54, 1.807) is 6.92 Å². The molecule has 0 aliphatic carbocycles. The number of pyridine rings is 1. The summed E-state index contributed by atoms with van der Waals surface area (Å²) in [4.78, 5) is 13.3. The topological polar surface area (TPSA) is 79.1 Å². The third kappa shape index (κ3) is 1.45. The first-order valence-electron chi connectivity index (χ1n) is 3.25. The molecule has 1 aromatic heterocycles. The van der Waals surface area contributed by atoms with Crippen molar-refractivity contribution in [1.82, 2.24) is 4.98 Å². The number of aromatic carboxylic acids is 1. The monoisotopic (exact) mass is 184 g/mol. The quantitative estimate of drug-likeness (QED) is 0.575. The Balaban J connectivity index is 3.48. The molecule has 0 saturated carbocycles. The van der Waals surface area contributed by atoms with E-state index in [9.17, 15) is 4.79 Å². The lowest BCUT2D eigenvalue weighted by atomic mass is 10.1. The van der Waals surface area contributed by atoms with Gasteiger partial charge in [-0.05, 0) is 13.0 Å². The Labute approximate surface area is 74.0 Å². The maximum atomic E-state index is 10.6. The van der Waals surface area contributed by atoms with Gasteiger partial charge in [0.05, 0.1) is 5.56 Å². The van der Waals surface area contributed by atoms with E-state index >= 15 is 0 Å². The van der Waals surface area contributed by atoms with Crippen LogP contribution in [0.5, 0.6) is 0 Å². The molecule has 0 radical (unpaired) electrons. The first kappa shape index (κ1) is 8.73. The summed E-state index contributed by atoms with van der Waals surface area (Å²) in [5.41, 5.74) is 6.13. The number of carboxylic acid groups (broad SMARTS) is 1. The zero-order chi connectivity index (χ0) is 9.30. The number of aromatic amines is 1. The third-order valence-corrected chi connectivity index (χ3v) is 1.79. The number of nitrogen functional groups attached to an aromatic ring is 1. The minimum Gasteiger partial charge on any atom is -0.478 e. The predicted molar refractivity (Wildman–Crippen MR) is 47.7 cm³/mol. The Morgan fingerprint density at radius 1 is 1.75 bits per heavy atom. The van der Waals surface area contributed by atoms with Gasteiger partial charge < -0.3 is 15.8 Å². The molecular weight excluding hydrogens is 176 g/mol. The van der Waals surface area contributed by atoms with Gasteiger partial charge in [0, 0.05) is 5.56 Å². The molecule has 0 bridgehead atoms. The summed E-state index contributed by atoms with van der Waals surface area (Å²) in [5, 5.41) is 8.70. The van der Waals surface area contributed by atoms with Crippen molar-refractivity contribution in [3.63, 3.8) is 0 Å². The molecule has 0 aliphatic rings. The Morgan fingerprint density at radius 2 is 2.33 bits per heavy atom. The summed E-state index contributed by atoms with van der Waals surface area (Å²) in [7, 11) is 0. The van der Waals surface area contributed by atoms with Crippen molar-refractivity contribution in [3.05, 3.63) is 21.8 Å². The zero-order valence-corrected chi connectivity index (χ0v) is 7.23. The lowest BCUT2D eigenvalue weighted by Crippen LogP contribution is -2.04. The van der Waals surface area contributed by atoms with Crippen LogP contribution in [0.4, 0.5) is 5.82 Å². The molecule has 1 heterocycles. The average molecular weight is 184 g/mol. The van der Waals surface area contributed by atoms with Crippen LogP contribution in [0, 0.1) is 11.6 Å². The molecule has 0 aliphatic heterocycles. The second-order valence-corrected chi connectivity index (χ2v) is 2.83. The van der Waals surface area contributed by atoms with E-state index < -0.39 is 5.97 Å². The summed E-state index contributed by atoms with van der Waals surface area (Å²) in [6.07, 6.45) is 0. The minimum absolute atomic E-state index is 0.149. The Kier molecular flexibility index (Phi) is 2.14. The number of aromatic nitrogens is 1. The van der Waals surface area contributed by atoms with Gasteiger partial charge in [0.1, 0.15) is 10.5 Å². The average Bonchev–Trinajstić information content (AvgIpc) is 1.96. The van der Waals surface area contributed by atoms with Crippen molar-refractivity contribution in [2.45, 2.75) is 6.92 Å². The van der Waals surface area contributed by atoms with Crippen molar-refractivity contribution in [1.29, 1.82) is 0 Å². The molecule has 1 rings (SSSR count). The van der Waals surface area contributed by atoms with E-state index in [1.165, 1.54) is 6.07 Å². The van der Waals surface area contributed by atoms with Crippen molar-refractivity contribution in [2.75, 3.05) is 5.73 Å². The highest BCUT2D eigenvalue weighted by atomic mass is 32.1. The standard InChI is InChI=1S/C7H8N2O2S/c1-3-4(7(10)11)2-5(12)9-6(3)8/h2H,1H3,(H,10,11)(H3,8,9,12). The van der Waals surface area contributed by atoms with Crippen LogP contribution in [0.25, 0.3) is 0 Å². The van der Waals surface area contributed by atoms with Gasteiger partial charge in [-0.2, -0.15) is 0 Å². The second-order valence-electron chi connectivity index (χ2n) is 2.39.